The van der Waals surface area contributed by atoms with Crippen molar-refractivity contribution in [2.24, 2.45) is 0 Å². The number of hydrogen-bond donors (Lipinski definition) is 1. The Kier molecular flexibility index (Phi) is 2.29. The summed E-state index contributed by atoms with van der Waals surface area (Å²) in [4.78, 5) is 5.21. The predicted octanol–water partition coefficient (Wildman–Crippen LogP) is 2.97. The van der Waals surface area contributed by atoms with E-state index in [0.717, 1.165) is 35.9 Å². The molecular weight excluding hydrogens is 258 g/mol. The summed E-state index contributed by atoms with van der Waals surface area (Å²) in [5.74, 6) is 1.58. The lowest BCUT2D eigenvalue weighted by molar-refractivity contribution is 0.288. The molecule has 4 rings (SSSR count). The third kappa shape index (κ3) is 1.69. The molecule has 0 radical (unpaired) electrons. The first-order chi connectivity index (χ1) is 9.31. The van der Waals surface area contributed by atoms with Crippen molar-refractivity contribution in [3.05, 3.63) is 35.3 Å². The number of thiazole rings is 1. The van der Waals surface area contributed by atoms with Crippen LogP contribution in [-0.2, 0) is 6.42 Å². The van der Waals surface area contributed by atoms with Gasteiger partial charge in [0.15, 0.2) is 4.96 Å². The van der Waals surface area contributed by atoms with Crippen LogP contribution in [0.1, 0.15) is 12.0 Å². The molecule has 1 aromatic carbocycles. The molecule has 0 spiro atoms. The standard InChI is InChI=1S/C14H13N3OS/c15-13-7-17-11(8-19-14(17)16-13)9-3-4-12-10(6-9)2-1-5-18-12/h3-4,6-8H,1-2,5,15H2. The van der Waals surface area contributed by atoms with Gasteiger partial charge in [-0.05, 0) is 42.2 Å². The minimum atomic E-state index is 0.564. The van der Waals surface area contributed by atoms with Crippen LogP contribution in [0.25, 0.3) is 16.2 Å². The Morgan fingerprint density at radius 3 is 3.26 bits per heavy atom. The third-order valence-electron chi connectivity index (χ3n) is 3.43. The zero-order valence-electron chi connectivity index (χ0n) is 10.3. The molecule has 0 saturated heterocycles. The van der Waals surface area contributed by atoms with Gasteiger partial charge in [0, 0.05) is 5.38 Å². The Bertz CT molecular complexity index is 759. The lowest BCUT2D eigenvalue weighted by Crippen LogP contribution is -2.08. The van der Waals surface area contributed by atoms with Crippen LogP contribution in [0, 0.1) is 0 Å². The van der Waals surface area contributed by atoms with Crippen molar-refractivity contribution < 1.29 is 4.74 Å². The smallest absolute Gasteiger partial charge is 0.196 e. The Labute approximate surface area is 114 Å². The van der Waals surface area contributed by atoms with E-state index in [1.54, 1.807) is 11.3 Å². The Morgan fingerprint density at radius 2 is 2.32 bits per heavy atom. The number of aromatic nitrogens is 2. The van der Waals surface area contributed by atoms with E-state index in [1.165, 1.54) is 11.1 Å². The Morgan fingerprint density at radius 1 is 1.37 bits per heavy atom. The van der Waals surface area contributed by atoms with E-state index in [0.29, 0.717) is 5.82 Å². The Balaban J connectivity index is 1.87. The summed E-state index contributed by atoms with van der Waals surface area (Å²) in [7, 11) is 0. The molecule has 0 fully saturated rings. The average molecular weight is 271 g/mol. The van der Waals surface area contributed by atoms with Crippen LogP contribution >= 0.6 is 11.3 Å². The number of ether oxygens (including phenoxy) is 1. The van der Waals surface area contributed by atoms with Crippen molar-refractivity contribution in [2.75, 3.05) is 12.3 Å². The fourth-order valence-electron chi connectivity index (χ4n) is 2.53. The number of anilines is 1. The summed E-state index contributed by atoms with van der Waals surface area (Å²) in [5.41, 5.74) is 9.36. The summed E-state index contributed by atoms with van der Waals surface area (Å²) in [6.45, 7) is 0.826. The molecule has 0 bridgehead atoms. The van der Waals surface area contributed by atoms with Crippen molar-refractivity contribution in [1.82, 2.24) is 9.38 Å². The van der Waals surface area contributed by atoms with Gasteiger partial charge in [-0.1, -0.05) is 0 Å². The molecule has 0 atom stereocenters. The molecule has 1 aliphatic rings. The maximum absolute atomic E-state index is 5.75. The second-order valence-electron chi connectivity index (χ2n) is 4.71. The van der Waals surface area contributed by atoms with E-state index in [2.05, 4.69) is 28.6 Å². The quantitative estimate of drug-likeness (QED) is 0.740. The lowest BCUT2D eigenvalue weighted by atomic mass is 10.0. The number of aryl methyl sites for hydroxylation is 1. The van der Waals surface area contributed by atoms with Crippen molar-refractivity contribution in [1.29, 1.82) is 0 Å². The van der Waals surface area contributed by atoms with Crippen LogP contribution in [0.2, 0.25) is 0 Å². The lowest BCUT2D eigenvalue weighted by Gasteiger charge is -2.17. The molecule has 0 aliphatic carbocycles. The minimum Gasteiger partial charge on any atom is -0.493 e. The fourth-order valence-corrected chi connectivity index (χ4v) is 3.42. The highest BCUT2D eigenvalue weighted by atomic mass is 32.1. The first-order valence-corrected chi connectivity index (χ1v) is 7.17. The highest BCUT2D eigenvalue weighted by molar-refractivity contribution is 7.15. The zero-order chi connectivity index (χ0) is 12.8. The molecule has 3 aromatic rings. The molecule has 96 valence electrons. The molecule has 0 unspecified atom stereocenters. The molecule has 2 aromatic heterocycles. The van der Waals surface area contributed by atoms with Gasteiger partial charge in [-0.25, -0.2) is 4.98 Å². The van der Waals surface area contributed by atoms with E-state index >= 15 is 0 Å². The Hall–Kier alpha value is -2.01. The third-order valence-corrected chi connectivity index (χ3v) is 4.27. The molecule has 0 saturated carbocycles. The monoisotopic (exact) mass is 271 g/mol. The van der Waals surface area contributed by atoms with Gasteiger partial charge in [-0.2, -0.15) is 0 Å². The first kappa shape index (κ1) is 10.9. The van der Waals surface area contributed by atoms with Gasteiger partial charge in [0.1, 0.15) is 11.6 Å². The molecule has 19 heavy (non-hydrogen) atoms. The van der Waals surface area contributed by atoms with Crippen molar-refractivity contribution in [3.8, 4) is 17.0 Å². The van der Waals surface area contributed by atoms with E-state index < -0.39 is 0 Å². The van der Waals surface area contributed by atoms with Gasteiger partial charge < -0.3 is 10.5 Å². The number of rotatable bonds is 1. The number of nitrogen functional groups attached to an aromatic ring is 1. The molecular formula is C14H13N3OS. The van der Waals surface area contributed by atoms with Gasteiger partial charge in [-0.15, -0.1) is 11.3 Å². The van der Waals surface area contributed by atoms with Crippen LogP contribution in [0.4, 0.5) is 5.82 Å². The van der Waals surface area contributed by atoms with E-state index in [4.69, 9.17) is 10.5 Å². The van der Waals surface area contributed by atoms with E-state index in [-0.39, 0.29) is 0 Å². The van der Waals surface area contributed by atoms with Gasteiger partial charge in [0.05, 0.1) is 18.5 Å². The highest BCUT2D eigenvalue weighted by Gasteiger charge is 2.13. The predicted molar refractivity (Wildman–Crippen MR) is 76.7 cm³/mol. The normalized spacial score (nSPS) is 14.3. The zero-order valence-corrected chi connectivity index (χ0v) is 11.1. The summed E-state index contributed by atoms with van der Waals surface area (Å²) in [6.07, 6.45) is 4.05. The van der Waals surface area contributed by atoms with Crippen molar-refractivity contribution in [2.45, 2.75) is 12.8 Å². The summed E-state index contributed by atoms with van der Waals surface area (Å²) in [6, 6.07) is 6.38. The molecule has 3 heterocycles. The van der Waals surface area contributed by atoms with Crippen molar-refractivity contribution >= 4 is 22.1 Å². The van der Waals surface area contributed by atoms with Crippen molar-refractivity contribution in [3.63, 3.8) is 0 Å². The maximum Gasteiger partial charge on any atom is 0.196 e. The van der Waals surface area contributed by atoms with Gasteiger partial charge >= 0.3 is 0 Å². The van der Waals surface area contributed by atoms with E-state index in [1.807, 2.05) is 10.6 Å². The van der Waals surface area contributed by atoms with Crippen LogP contribution in [-0.4, -0.2) is 16.0 Å². The molecule has 2 N–H and O–H groups in total. The van der Waals surface area contributed by atoms with Crippen LogP contribution in [0.15, 0.2) is 29.8 Å². The molecule has 0 amide bonds. The van der Waals surface area contributed by atoms with Gasteiger partial charge in [0.2, 0.25) is 0 Å². The number of nitrogens with two attached hydrogens (primary N) is 1. The second kappa shape index (κ2) is 3.99. The van der Waals surface area contributed by atoms with E-state index in [9.17, 15) is 0 Å². The molecule has 5 heteroatoms. The highest BCUT2D eigenvalue weighted by Crippen LogP contribution is 2.32. The largest absolute Gasteiger partial charge is 0.493 e. The molecule has 4 nitrogen and oxygen atoms in total. The number of benzene rings is 1. The number of hydrogen-bond acceptors (Lipinski definition) is 4. The SMILES string of the molecule is Nc1cn2c(-c3ccc4c(c3)CCCO4)csc2n1. The number of nitrogens with zero attached hydrogens (tertiary/aromatic N) is 2. The van der Waals surface area contributed by atoms with Crippen LogP contribution in [0.3, 0.4) is 0 Å². The maximum atomic E-state index is 5.75. The second-order valence-corrected chi connectivity index (χ2v) is 5.55. The topological polar surface area (TPSA) is 52.5 Å². The summed E-state index contributed by atoms with van der Waals surface area (Å²) in [5, 5.41) is 2.12. The molecule has 1 aliphatic heterocycles. The van der Waals surface area contributed by atoms with Gasteiger partial charge in [-0.3, -0.25) is 4.40 Å². The first-order valence-electron chi connectivity index (χ1n) is 6.29. The van der Waals surface area contributed by atoms with Gasteiger partial charge in [0.25, 0.3) is 0 Å². The average Bonchev–Trinajstić information content (AvgIpc) is 2.97. The minimum absolute atomic E-state index is 0.564. The number of fused-ring (bicyclic) bond motifs is 2. The van der Waals surface area contributed by atoms with Crippen LogP contribution < -0.4 is 10.5 Å². The summed E-state index contributed by atoms with van der Waals surface area (Å²) < 4.78 is 7.70. The number of imidazole rings is 1. The van der Waals surface area contributed by atoms with Crippen LogP contribution in [0.5, 0.6) is 5.75 Å². The summed E-state index contributed by atoms with van der Waals surface area (Å²) >= 11 is 1.61. The fraction of sp³-hybridized carbons (Fsp3) is 0.214.